The summed E-state index contributed by atoms with van der Waals surface area (Å²) < 4.78 is 6.26. The van der Waals surface area contributed by atoms with Gasteiger partial charge in [0.1, 0.15) is 11.4 Å². The Morgan fingerprint density at radius 1 is 1.23 bits per heavy atom. The van der Waals surface area contributed by atoms with Gasteiger partial charge in [-0.3, -0.25) is 4.98 Å². The molecule has 2 aromatic rings. The molecule has 1 aromatic carbocycles. The van der Waals surface area contributed by atoms with Crippen LogP contribution in [0.25, 0.3) is 0 Å². The Hall–Kier alpha value is -1.87. The quantitative estimate of drug-likeness (QED) is 0.926. The van der Waals surface area contributed by atoms with Crippen molar-refractivity contribution in [2.75, 3.05) is 0 Å². The Balaban J connectivity index is 1.87. The number of hydrogen-bond donors (Lipinski definition) is 1. The van der Waals surface area contributed by atoms with Crippen LogP contribution in [-0.2, 0) is 6.54 Å². The van der Waals surface area contributed by atoms with Gasteiger partial charge in [-0.05, 0) is 51.0 Å². The number of fused-ring (bicyclic) bond motifs is 1. The molecule has 0 bridgehead atoms. The molecule has 116 valence electrons. The van der Waals surface area contributed by atoms with Crippen LogP contribution in [0.2, 0.25) is 0 Å². The third-order valence-corrected chi connectivity index (χ3v) is 4.41. The summed E-state index contributed by atoms with van der Waals surface area (Å²) in [7, 11) is 0. The Morgan fingerprint density at radius 2 is 2.05 bits per heavy atom. The standard InChI is InChI=1S/C19H24N2O/c1-13-8-9-16-17(21-12-15-7-5-6-10-20-15)11-19(3,4)22-18(16)14(13)2/h5-10,17,21H,11-12H2,1-4H3. The van der Waals surface area contributed by atoms with Gasteiger partial charge in [0.2, 0.25) is 0 Å². The molecule has 3 heteroatoms. The van der Waals surface area contributed by atoms with Gasteiger partial charge >= 0.3 is 0 Å². The van der Waals surface area contributed by atoms with E-state index in [1.165, 1.54) is 16.7 Å². The average molecular weight is 296 g/mol. The number of hydrogen-bond acceptors (Lipinski definition) is 3. The lowest BCUT2D eigenvalue weighted by atomic mass is 9.87. The summed E-state index contributed by atoms with van der Waals surface area (Å²) >= 11 is 0. The van der Waals surface area contributed by atoms with Crippen LogP contribution in [0.3, 0.4) is 0 Å². The molecule has 0 amide bonds. The number of aromatic nitrogens is 1. The highest BCUT2D eigenvalue weighted by molar-refractivity contribution is 5.48. The smallest absolute Gasteiger partial charge is 0.128 e. The monoisotopic (exact) mass is 296 g/mol. The van der Waals surface area contributed by atoms with Crippen molar-refractivity contribution in [2.45, 2.75) is 52.3 Å². The molecular formula is C19H24N2O. The molecule has 3 nitrogen and oxygen atoms in total. The minimum Gasteiger partial charge on any atom is -0.487 e. The molecule has 0 aliphatic carbocycles. The third-order valence-electron chi connectivity index (χ3n) is 4.41. The Labute approximate surface area is 132 Å². The first-order valence-electron chi connectivity index (χ1n) is 7.89. The van der Waals surface area contributed by atoms with Crippen LogP contribution >= 0.6 is 0 Å². The predicted octanol–water partition coefficient (Wildman–Crippen LogP) is 4.09. The fourth-order valence-electron chi connectivity index (χ4n) is 3.05. The molecule has 0 saturated carbocycles. The number of pyridine rings is 1. The van der Waals surface area contributed by atoms with Gasteiger partial charge in [0.25, 0.3) is 0 Å². The molecule has 0 radical (unpaired) electrons. The van der Waals surface area contributed by atoms with Crippen LogP contribution in [0.15, 0.2) is 36.5 Å². The maximum Gasteiger partial charge on any atom is 0.128 e. The van der Waals surface area contributed by atoms with E-state index < -0.39 is 0 Å². The van der Waals surface area contributed by atoms with Crippen molar-refractivity contribution in [3.8, 4) is 5.75 Å². The molecule has 1 aliphatic rings. The van der Waals surface area contributed by atoms with Crippen molar-refractivity contribution >= 4 is 0 Å². The predicted molar refractivity (Wildman–Crippen MR) is 89.1 cm³/mol. The molecule has 0 saturated heterocycles. The highest BCUT2D eigenvalue weighted by Gasteiger charge is 2.34. The maximum atomic E-state index is 6.26. The lowest BCUT2D eigenvalue weighted by Crippen LogP contribution is -2.39. The Bertz CT molecular complexity index is 665. The third kappa shape index (κ3) is 3.00. The van der Waals surface area contributed by atoms with Crippen LogP contribution in [0.5, 0.6) is 5.75 Å². The minimum absolute atomic E-state index is 0.159. The van der Waals surface area contributed by atoms with Gasteiger partial charge in [-0.1, -0.05) is 18.2 Å². The second kappa shape index (κ2) is 5.73. The highest BCUT2D eigenvalue weighted by atomic mass is 16.5. The largest absolute Gasteiger partial charge is 0.487 e. The van der Waals surface area contributed by atoms with Gasteiger partial charge in [0.15, 0.2) is 0 Å². The van der Waals surface area contributed by atoms with Crippen LogP contribution in [0.1, 0.15) is 48.7 Å². The minimum atomic E-state index is -0.159. The van der Waals surface area contributed by atoms with Gasteiger partial charge in [-0.2, -0.15) is 0 Å². The van der Waals surface area contributed by atoms with Crippen molar-refractivity contribution in [1.82, 2.24) is 10.3 Å². The van der Waals surface area contributed by atoms with Crippen molar-refractivity contribution in [3.05, 3.63) is 58.9 Å². The SMILES string of the molecule is Cc1ccc2c(c1C)OC(C)(C)CC2NCc1ccccn1. The summed E-state index contributed by atoms with van der Waals surface area (Å²) in [5, 5.41) is 3.65. The zero-order chi connectivity index (χ0) is 15.7. The summed E-state index contributed by atoms with van der Waals surface area (Å²) in [5.74, 6) is 1.05. The molecule has 0 spiro atoms. The van der Waals surface area contributed by atoms with Crippen molar-refractivity contribution in [2.24, 2.45) is 0 Å². The van der Waals surface area contributed by atoms with E-state index in [4.69, 9.17) is 4.74 Å². The molecule has 1 atom stereocenters. The van der Waals surface area contributed by atoms with Crippen LogP contribution in [0, 0.1) is 13.8 Å². The first kappa shape index (κ1) is 15.0. The first-order chi connectivity index (χ1) is 10.5. The van der Waals surface area contributed by atoms with E-state index in [-0.39, 0.29) is 5.60 Å². The molecule has 1 unspecified atom stereocenters. The number of nitrogens with zero attached hydrogens (tertiary/aromatic N) is 1. The lowest BCUT2D eigenvalue weighted by Gasteiger charge is -2.39. The second-order valence-electron chi connectivity index (χ2n) is 6.75. The summed E-state index contributed by atoms with van der Waals surface area (Å²) in [6.45, 7) is 9.37. The number of benzene rings is 1. The Morgan fingerprint density at radius 3 is 2.77 bits per heavy atom. The molecule has 1 N–H and O–H groups in total. The van der Waals surface area contributed by atoms with Gasteiger partial charge in [-0.15, -0.1) is 0 Å². The van der Waals surface area contributed by atoms with Crippen molar-refractivity contribution in [3.63, 3.8) is 0 Å². The van der Waals surface area contributed by atoms with Crippen molar-refractivity contribution in [1.29, 1.82) is 0 Å². The Kier molecular flexibility index (Phi) is 3.92. The van der Waals surface area contributed by atoms with E-state index >= 15 is 0 Å². The summed E-state index contributed by atoms with van der Waals surface area (Å²) in [5.41, 5.74) is 4.69. The number of aryl methyl sites for hydroxylation is 1. The molecule has 1 aromatic heterocycles. The van der Waals surface area contributed by atoms with E-state index in [1.54, 1.807) is 0 Å². The zero-order valence-electron chi connectivity index (χ0n) is 13.8. The van der Waals surface area contributed by atoms with Gasteiger partial charge in [-0.25, -0.2) is 0 Å². The highest BCUT2D eigenvalue weighted by Crippen LogP contribution is 2.42. The van der Waals surface area contributed by atoms with E-state index in [0.29, 0.717) is 6.04 Å². The van der Waals surface area contributed by atoms with Gasteiger partial charge < -0.3 is 10.1 Å². The normalized spacial score (nSPS) is 19.4. The van der Waals surface area contributed by atoms with Crippen LogP contribution in [-0.4, -0.2) is 10.6 Å². The fourth-order valence-corrected chi connectivity index (χ4v) is 3.05. The molecular weight excluding hydrogens is 272 g/mol. The number of nitrogens with one attached hydrogen (secondary N) is 1. The lowest BCUT2D eigenvalue weighted by molar-refractivity contribution is 0.0646. The van der Waals surface area contributed by atoms with Crippen LogP contribution in [0.4, 0.5) is 0 Å². The van der Waals surface area contributed by atoms with E-state index in [9.17, 15) is 0 Å². The topological polar surface area (TPSA) is 34.1 Å². The van der Waals surface area contributed by atoms with Gasteiger partial charge in [0.05, 0.1) is 5.69 Å². The molecule has 3 rings (SSSR count). The zero-order valence-corrected chi connectivity index (χ0v) is 13.8. The van der Waals surface area contributed by atoms with E-state index in [2.05, 4.69) is 56.2 Å². The van der Waals surface area contributed by atoms with Crippen LogP contribution < -0.4 is 10.1 Å². The van der Waals surface area contributed by atoms with E-state index in [0.717, 1.165) is 24.4 Å². The second-order valence-corrected chi connectivity index (χ2v) is 6.75. The fraction of sp³-hybridized carbons (Fsp3) is 0.421. The molecule has 0 fully saturated rings. The molecule has 2 heterocycles. The van der Waals surface area contributed by atoms with Gasteiger partial charge in [0, 0.05) is 30.8 Å². The van der Waals surface area contributed by atoms with Crippen molar-refractivity contribution < 1.29 is 4.74 Å². The summed E-state index contributed by atoms with van der Waals surface area (Å²) in [6.07, 6.45) is 2.79. The first-order valence-corrected chi connectivity index (χ1v) is 7.89. The number of ether oxygens (including phenoxy) is 1. The number of rotatable bonds is 3. The summed E-state index contributed by atoms with van der Waals surface area (Å²) in [6, 6.07) is 10.7. The average Bonchev–Trinajstić information content (AvgIpc) is 2.49. The summed E-state index contributed by atoms with van der Waals surface area (Å²) in [4.78, 5) is 4.39. The maximum absolute atomic E-state index is 6.26. The van der Waals surface area contributed by atoms with E-state index in [1.807, 2.05) is 18.3 Å². The molecule has 1 aliphatic heterocycles. The molecule has 22 heavy (non-hydrogen) atoms.